The van der Waals surface area contributed by atoms with Crippen molar-refractivity contribution in [3.63, 3.8) is 0 Å². The SMILES string of the molecule is CCN(CC)S(=O)(=O)c1ccc([C@H](C)NC(=O)C2(c3cccc(F)c3)CCC2)cc1. The average Bonchev–Trinajstić information content (AvgIpc) is 2.68. The molecule has 1 fully saturated rings. The van der Waals surface area contributed by atoms with Crippen LogP contribution in [0.4, 0.5) is 4.39 Å². The van der Waals surface area contributed by atoms with Gasteiger partial charge < -0.3 is 5.32 Å². The molecule has 2 aromatic carbocycles. The summed E-state index contributed by atoms with van der Waals surface area (Å²) in [6.07, 6.45) is 2.31. The van der Waals surface area contributed by atoms with Gasteiger partial charge in [-0.25, -0.2) is 12.8 Å². The van der Waals surface area contributed by atoms with Gasteiger partial charge in [-0.3, -0.25) is 4.79 Å². The van der Waals surface area contributed by atoms with Crippen LogP contribution in [0.5, 0.6) is 0 Å². The van der Waals surface area contributed by atoms with Crippen molar-refractivity contribution in [2.45, 2.75) is 56.4 Å². The molecule has 1 amide bonds. The van der Waals surface area contributed by atoms with Crippen molar-refractivity contribution in [2.24, 2.45) is 0 Å². The second-order valence-electron chi connectivity index (χ2n) is 7.80. The first-order valence-electron chi connectivity index (χ1n) is 10.4. The first kappa shape index (κ1) is 22.4. The molecule has 0 radical (unpaired) electrons. The number of benzene rings is 2. The van der Waals surface area contributed by atoms with Crippen molar-refractivity contribution >= 4 is 15.9 Å². The maximum Gasteiger partial charge on any atom is 0.243 e. The Bertz CT molecular complexity index is 997. The van der Waals surface area contributed by atoms with E-state index >= 15 is 0 Å². The van der Waals surface area contributed by atoms with Gasteiger partial charge in [-0.2, -0.15) is 4.31 Å². The molecule has 0 aromatic heterocycles. The summed E-state index contributed by atoms with van der Waals surface area (Å²) in [5.74, 6) is -0.462. The van der Waals surface area contributed by atoms with Gasteiger partial charge in [0.1, 0.15) is 5.82 Å². The van der Waals surface area contributed by atoms with Gasteiger partial charge in [-0.05, 0) is 55.2 Å². The molecule has 0 spiro atoms. The molecule has 0 heterocycles. The first-order chi connectivity index (χ1) is 14.2. The van der Waals surface area contributed by atoms with E-state index in [1.54, 1.807) is 36.4 Å². The van der Waals surface area contributed by atoms with E-state index in [2.05, 4.69) is 5.32 Å². The van der Waals surface area contributed by atoms with Gasteiger partial charge in [0.05, 0.1) is 16.4 Å². The predicted octanol–water partition coefficient (Wildman–Crippen LogP) is 4.16. The van der Waals surface area contributed by atoms with Crippen molar-refractivity contribution in [1.82, 2.24) is 9.62 Å². The van der Waals surface area contributed by atoms with Crippen LogP contribution in [0.2, 0.25) is 0 Å². The smallest absolute Gasteiger partial charge is 0.243 e. The lowest BCUT2D eigenvalue weighted by Crippen LogP contribution is -2.49. The van der Waals surface area contributed by atoms with Crippen molar-refractivity contribution < 1.29 is 17.6 Å². The highest BCUT2D eigenvalue weighted by Gasteiger charge is 2.46. The zero-order chi connectivity index (χ0) is 21.9. The molecule has 1 aliphatic rings. The number of nitrogens with one attached hydrogen (secondary N) is 1. The lowest BCUT2D eigenvalue weighted by Gasteiger charge is -2.41. The molecule has 0 bridgehead atoms. The molecule has 1 N–H and O–H groups in total. The number of amides is 1. The van der Waals surface area contributed by atoms with Crippen LogP contribution in [-0.2, 0) is 20.2 Å². The Morgan fingerprint density at radius 3 is 2.27 bits per heavy atom. The van der Waals surface area contributed by atoms with Gasteiger partial charge in [0, 0.05) is 13.1 Å². The summed E-state index contributed by atoms with van der Waals surface area (Å²) >= 11 is 0. The number of sulfonamides is 1. The van der Waals surface area contributed by atoms with Gasteiger partial charge in [0.25, 0.3) is 0 Å². The van der Waals surface area contributed by atoms with Crippen LogP contribution in [-0.4, -0.2) is 31.7 Å². The number of hydrogen-bond acceptors (Lipinski definition) is 3. The van der Waals surface area contributed by atoms with Crippen LogP contribution >= 0.6 is 0 Å². The molecular formula is C23H29FN2O3S. The number of rotatable bonds is 8. The van der Waals surface area contributed by atoms with E-state index in [1.165, 1.54) is 16.4 Å². The maximum absolute atomic E-state index is 13.7. The fourth-order valence-corrected chi connectivity index (χ4v) is 5.48. The molecule has 2 aromatic rings. The van der Waals surface area contributed by atoms with Crippen molar-refractivity contribution in [2.75, 3.05) is 13.1 Å². The molecule has 1 atom stereocenters. The van der Waals surface area contributed by atoms with E-state index in [-0.39, 0.29) is 22.7 Å². The lowest BCUT2D eigenvalue weighted by atomic mass is 9.63. The van der Waals surface area contributed by atoms with Crippen LogP contribution in [0.25, 0.3) is 0 Å². The molecule has 0 saturated heterocycles. The molecule has 5 nitrogen and oxygen atoms in total. The van der Waals surface area contributed by atoms with Crippen LogP contribution in [0.3, 0.4) is 0 Å². The quantitative estimate of drug-likeness (QED) is 0.681. The van der Waals surface area contributed by atoms with Gasteiger partial charge >= 0.3 is 0 Å². The van der Waals surface area contributed by atoms with E-state index in [4.69, 9.17) is 0 Å². The molecule has 0 unspecified atom stereocenters. The van der Waals surface area contributed by atoms with E-state index in [9.17, 15) is 17.6 Å². The zero-order valence-electron chi connectivity index (χ0n) is 17.7. The zero-order valence-corrected chi connectivity index (χ0v) is 18.5. The molecule has 30 heavy (non-hydrogen) atoms. The molecule has 1 aliphatic carbocycles. The highest BCUT2D eigenvalue weighted by molar-refractivity contribution is 7.89. The number of hydrogen-bond donors (Lipinski definition) is 1. The minimum atomic E-state index is -3.51. The average molecular weight is 433 g/mol. The third-order valence-corrected chi connectivity index (χ3v) is 8.15. The Balaban J connectivity index is 1.76. The summed E-state index contributed by atoms with van der Waals surface area (Å²) in [6, 6.07) is 12.6. The maximum atomic E-state index is 13.7. The first-order valence-corrected chi connectivity index (χ1v) is 11.9. The largest absolute Gasteiger partial charge is 0.349 e. The number of nitrogens with zero attached hydrogens (tertiary/aromatic N) is 1. The minimum absolute atomic E-state index is 0.119. The standard InChI is InChI=1S/C23H29FN2O3S/c1-4-26(5-2)30(28,29)21-12-10-18(11-13-21)17(3)25-22(27)23(14-7-15-23)19-8-6-9-20(24)16-19/h6,8-13,16-17H,4-5,7,14-15H2,1-3H3,(H,25,27)/t17-/m0/s1. The monoisotopic (exact) mass is 432 g/mol. The van der Waals surface area contributed by atoms with Gasteiger partial charge in [-0.15, -0.1) is 0 Å². The third-order valence-electron chi connectivity index (χ3n) is 6.09. The van der Waals surface area contributed by atoms with Crippen LogP contribution < -0.4 is 5.32 Å². The molecule has 162 valence electrons. The minimum Gasteiger partial charge on any atom is -0.349 e. The fraction of sp³-hybridized carbons (Fsp3) is 0.435. The molecule has 3 rings (SSSR count). The Labute approximate surface area is 178 Å². The molecule has 7 heteroatoms. The van der Waals surface area contributed by atoms with Crippen molar-refractivity contribution in [1.29, 1.82) is 0 Å². The molecule has 0 aliphatic heterocycles. The highest BCUT2D eigenvalue weighted by Crippen LogP contribution is 2.44. The Hall–Kier alpha value is -2.25. The van der Waals surface area contributed by atoms with Gasteiger partial charge in [-0.1, -0.05) is 44.5 Å². The molecule has 1 saturated carbocycles. The second-order valence-corrected chi connectivity index (χ2v) is 9.74. The summed E-state index contributed by atoms with van der Waals surface area (Å²) in [4.78, 5) is 13.3. The van der Waals surface area contributed by atoms with Crippen LogP contribution in [0.1, 0.15) is 57.2 Å². The fourth-order valence-electron chi connectivity index (χ4n) is 4.02. The Morgan fingerprint density at radius 1 is 1.13 bits per heavy atom. The predicted molar refractivity (Wildman–Crippen MR) is 115 cm³/mol. The van der Waals surface area contributed by atoms with Crippen LogP contribution in [0.15, 0.2) is 53.4 Å². The topological polar surface area (TPSA) is 66.5 Å². The second kappa shape index (κ2) is 8.86. The van der Waals surface area contributed by atoms with E-state index in [0.717, 1.165) is 12.0 Å². The Kier molecular flexibility index (Phi) is 6.62. The third kappa shape index (κ3) is 4.14. The normalized spacial score (nSPS) is 16.7. The summed E-state index contributed by atoms with van der Waals surface area (Å²) in [5, 5.41) is 3.04. The Morgan fingerprint density at radius 2 is 1.77 bits per heavy atom. The van der Waals surface area contributed by atoms with Gasteiger partial charge in [0.2, 0.25) is 15.9 Å². The van der Waals surface area contributed by atoms with E-state index < -0.39 is 15.4 Å². The number of carbonyl (C=O) groups is 1. The van der Waals surface area contributed by atoms with E-state index in [0.29, 0.717) is 31.5 Å². The van der Waals surface area contributed by atoms with Gasteiger partial charge in [0.15, 0.2) is 0 Å². The van der Waals surface area contributed by atoms with E-state index in [1.807, 2.05) is 20.8 Å². The molecular weight excluding hydrogens is 403 g/mol. The summed E-state index contributed by atoms with van der Waals surface area (Å²) in [6.45, 7) is 6.30. The summed E-state index contributed by atoms with van der Waals surface area (Å²) in [7, 11) is -3.51. The van der Waals surface area contributed by atoms with Crippen molar-refractivity contribution in [3.05, 3.63) is 65.5 Å². The number of carbonyl (C=O) groups excluding carboxylic acids is 1. The highest BCUT2D eigenvalue weighted by atomic mass is 32.2. The summed E-state index contributed by atoms with van der Waals surface area (Å²) in [5.41, 5.74) is 0.831. The lowest BCUT2D eigenvalue weighted by molar-refractivity contribution is -0.130. The summed E-state index contributed by atoms with van der Waals surface area (Å²) < 4.78 is 40.4. The number of halogens is 1. The van der Waals surface area contributed by atoms with Crippen LogP contribution in [0, 0.1) is 5.82 Å². The van der Waals surface area contributed by atoms with Crippen molar-refractivity contribution in [3.8, 4) is 0 Å².